The molecule has 1 aromatic carbocycles. The highest BCUT2D eigenvalue weighted by Crippen LogP contribution is 2.27. The zero-order valence-corrected chi connectivity index (χ0v) is 8.99. The fourth-order valence-electron chi connectivity index (χ4n) is 2.08. The second-order valence-corrected chi connectivity index (χ2v) is 4.07. The van der Waals surface area contributed by atoms with Crippen LogP contribution in [-0.2, 0) is 6.42 Å². The molecular formula is C12H17NO2. The molecule has 3 nitrogen and oxygen atoms in total. The molecule has 0 aliphatic carbocycles. The zero-order valence-electron chi connectivity index (χ0n) is 8.99. The number of nitrogens with one attached hydrogen (secondary N) is 1. The Kier molecular flexibility index (Phi) is 3.11. The van der Waals surface area contributed by atoms with Crippen LogP contribution in [0.25, 0.3) is 0 Å². The smallest absolute Gasteiger partial charge is 0.160 e. The molecule has 1 saturated heterocycles. The Bertz CT molecular complexity index is 332. The second-order valence-electron chi connectivity index (χ2n) is 4.07. The van der Waals surface area contributed by atoms with Gasteiger partial charge in [0.25, 0.3) is 0 Å². The van der Waals surface area contributed by atoms with E-state index in [2.05, 4.69) is 5.32 Å². The van der Waals surface area contributed by atoms with Gasteiger partial charge in [-0.05, 0) is 49.5 Å². The van der Waals surface area contributed by atoms with Gasteiger partial charge >= 0.3 is 0 Å². The third kappa shape index (κ3) is 2.42. The van der Waals surface area contributed by atoms with E-state index in [1.54, 1.807) is 13.2 Å². The summed E-state index contributed by atoms with van der Waals surface area (Å²) in [4.78, 5) is 0. The molecule has 82 valence electrons. The lowest BCUT2D eigenvalue weighted by atomic mass is 9.98. The fourth-order valence-corrected chi connectivity index (χ4v) is 2.08. The van der Waals surface area contributed by atoms with Gasteiger partial charge in [0.2, 0.25) is 0 Å². The molecule has 0 aromatic heterocycles. The number of benzene rings is 1. The normalized spacial score (nSPS) is 20.5. The largest absolute Gasteiger partial charge is 0.504 e. The van der Waals surface area contributed by atoms with Crippen LogP contribution < -0.4 is 10.1 Å². The van der Waals surface area contributed by atoms with Crippen LogP contribution in [0.3, 0.4) is 0 Å². The third-order valence-corrected chi connectivity index (χ3v) is 2.93. The van der Waals surface area contributed by atoms with Crippen molar-refractivity contribution >= 4 is 0 Å². The Hall–Kier alpha value is -1.22. The quantitative estimate of drug-likeness (QED) is 0.790. The van der Waals surface area contributed by atoms with Crippen LogP contribution >= 0.6 is 0 Å². The average molecular weight is 207 g/mol. The molecular weight excluding hydrogens is 190 g/mol. The SMILES string of the molecule is COc1ccc(CC2CCNC2)cc1O. The predicted octanol–water partition coefficient (Wildman–Crippen LogP) is 1.55. The molecule has 1 aliphatic rings. The minimum atomic E-state index is 0.237. The van der Waals surface area contributed by atoms with Gasteiger partial charge in [-0.2, -0.15) is 0 Å². The maximum absolute atomic E-state index is 9.62. The van der Waals surface area contributed by atoms with Crippen molar-refractivity contribution in [1.82, 2.24) is 5.32 Å². The third-order valence-electron chi connectivity index (χ3n) is 2.93. The molecule has 1 aromatic rings. The fraction of sp³-hybridized carbons (Fsp3) is 0.500. The molecule has 3 heteroatoms. The summed E-state index contributed by atoms with van der Waals surface area (Å²) in [5.41, 5.74) is 1.18. The number of rotatable bonds is 3. The highest BCUT2D eigenvalue weighted by atomic mass is 16.5. The van der Waals surface area contributed by atoms with Crippen molar-refractivity contribution in [2.24, 2.45) is 5.92 Å². The first-order valence-corrected chi connectivity index (χ1v) is 5.36. The van der Waals surface area contributed by atoms with Crippen molar-refractivity contribution < 1.29 is 9.84 Å². The number of phenolic OH excluding ortho intramolecular Hbond substituents is 1. The van der Waals surface area contributed by atoms with Crippen molar-refractivity contribution in [3.63, 3.8) is 0 Å². The van der Waals surface area contributed by atoms with Crippen molar-refractivity contribution in [2.75, 3.05) is 20.2 Å². The standard InChI is InChI=1S/C12H17NO2/c1-15-12-3-2-9(7-11(12)14)6-10-4-5-13-8-10/h2-3,7,10,13-14H,4-6,8H2,1H3. The number of ether oxygens (including phenoxy) is 1. The van der Waals surface area contributed by atoms with Crippen molar-refractivity contribution in [3.8, 4) is 11.5 Å². The van der Waals surface area contributed by atoms with Crippen molar-refractivity contribution in [2.45, 2.75) is 12.8 Å². The first-order chi connectivity index (χ1) is 7.29. The molecule has 1 aliphatic heterocycles. The minimum absolute atomic E-state index is 0.237. The second kappa shape index (κ2) is 4.53. The van der Waals surface area contributed by atoms with Gasteiger partial charge in [0, 0.05) is 0 Å². The molecule has 1 fully saturated rings. The Morgan fingerprint density at radius 2 is 2.40 bits per heavy atom. The van der Waals surface area contributed by atoms with Gasteiger partial charge in [-0.3, -0.25) is 0 Å². The van der Waals surface area contributed by atoms with Gasteiger partial charge in [-0.1, -0.05) is 6.07 Å². The summed E-state index contributed by atoms with van der Waals surface area (Å²) in [6.45, 7) is 2.21. The van der Waals surface area contributed by atoms with E-state index in [0.29, 0.717) is 11.7 Å². The van der Waals surface area contributed by atoms with E-state index < -0.39 is 0 Å². The molecule has 0 bridgehead atoms. The van der Waals surface area contributed by atoms with Crippen LogP contribution in [0.2, 0.25) is 0 Å². The summed E-state index contributed by atoms with van der Waals surface area (Å²) in [5, 5.41) is 13.0. The van der Waals surface area contributed by atoms with Crippen LogP contribution in [0.15, 0.2) is 18.2 Å². The van der Waals surface area contributed by atoms with E-state index in [1.807, 2.05) is 12.1 Å². The topological polar surface area (TPSA) is 41.5 Å². The number of hydrogen-bond donors (Lipinski definition) is 2. The van der Waals surface area contributed by atoms with Gasteiger partial charge in [-0.15, -0.1) is 0 Å². The maximum Gasteiger partial charge on any atom is 0.160 e. The Morgan fingerprint density at radius 3 is 3.00 bits per heavy atom. The van der Waals surface area contributed by atoms with Gasteiger partial charge in [0.05, 0.1) is 7.11 Å². The number of hydrogen-bond acceptors (Lipinski definition) is 3. The number of phenols is 1. The molecule has 1 atom stereocenters. The average Bonchev–Trinajstić information content (AvgIpc) is 2.71. The van der Waals surface area contributed by atoms with Crippen LogP contribution in [-0.4, -0.2) is 25.3 Å². The molecule has 1 heterocycles. The van der Waals surface area contributed by atoms with Gasteiger partial charge in [-0.25, -0.2) is 0 Å². The summed E-state index contributed by atoms with van der Waals surface area (Å²) in [5.74, 6) is 1.49. The Morgan fingerprint density at radius 1 is 1.53 bits per heavy atom. The van der Waals surface area contributed by atoms with Crippen LogP contribution in [0.1, 0.15) is 12.0 Å². The Balaban J connectivity index is 2.05. The summed E-state index contributed by atoms with van der Waals surface area (Å²) < 4.78 is 5.01. The predicted molar refractivity (Wildman–Crippen MR) is 59.3 cm³/mol. The molecule has 0 spiro atoms. The summed E-state index contributed by atoms with van der Waals surface area (Å²) in [6, 6.07) is 5.65. The van der Waals surface area contributed by atoms with Gasteiger partial charge in [0.15, 0.2) is 11.5 Å². The molecule has 15 heavy (non-hydrogen) atoms. The van der Waals surface area contributed by atoms with E-state index in [4.69, 9.17) is 4.74 Å². The lowest BCUT2D eigenvalue weighted by molar-refractivity contribution is 0.373. The van der Waals surface area contributed by atoms with Crippen molar-refractivity contribution in [3.05, 3.63) is 23.8 Å². The van der Waals surface area contributed by atoms with E-state index in [1.165, 1.54) is 12.0 Å². The lowest BCUT2D eigenvalue weighted by Gasteiger charge is -2.10. The van der Waals surface area contributed by atoms with Crippen LogP contribution in [0.5, 0.6) is 11.5 Å². The lowest BCUT2D eigenvalue weighted by Crippen LogP contribution is -2.10. The molecule has 0 amide bonds. The summed E-state index contributed by atoms with van der Waals surface area (Å²) in [6.07, 6.45) is 2.26. The van der Waals surface area contributed by atoms with Gasteiger partial charge in [0.1, 0.15) is 0 Å². The highest BCUT2D eigenvalue weighted by molar-refractivity contribution is 5.41. The monoisotopic (exact) mass is 207 g/mol. The number of aromatic hydroxyl groups is 1. The van der Waals surface area contributed by atoms with Crippen molar-refractivity contribution in [1.29, 1.82) is 0 Å². The minimum Gasteiger partial charge on any atom is -0.504 e. The molecule has 0 saturated carbocycles. The molecule has 2 N–H and O–H groups in total. The summed E-state index contributed by atoms with van der Waals surface area (Å²) >= 11 is 0. The van der Waals surface area contributed by atoms with E-state index in [9.17, 15) is 5.11 Å². The maximum atomic E-state index is 9.62. The number of methoxy groups -OCH3 is 1. The first kappa shape index (κ1) is 10.3. The van der Waals surface area contributed by atoms with E-state index in [-0.39, 0.29) is 5.75 Å². The van der Waals surface area contributed by atoms with Crippen LogP contribution in [0, 0.1) is 5.92 Å². The zero-order chi connectivity index (χ0) is 10.7. The van der Waals surface area contributed by atoms with E-state index >= 15 is 0 Å². The molecule has 2 rings (SSSR count). The molecule has 1 unspecified atom stereocenters. The van der Waals surface area contributed by atoms with Crippen LogP contribution in [0.4, 0.5) is 0 Å². The summed E-state index contributed by atoms with van der Waals surface area (Å²) in [7, 11) is 1.57. The highest BCUT2D eigenvalue weighted by Gasteiger charge is 2.15. The van der Waals surface area contributed by atoms with Gasteiger partial charge < -0.3 is 15.2 Å². The first-order valence-electron chi connectivity index (χ1n) is 5.36. The Labute approximate surface area is 90.1 Å². The molecule has 0 radical (unpaired) electrons. The van der Waals surface area contributed by atoms with E-state index in [0.717, 1.165) is 19.5 Å².